The lowest BCUT2D eigenvalue weighted by Gasteiger charge is -2.14. The summed E-state index contributed by atoms with van der Waals surface area (Å²) in [5, 5.41) is 19.8. The second-order valence-corrected chi connectivity index (χ2v) is 4.28. The zero-order valence-electron chi connectivity index (χ0n) is 9.80. The molecule has 98 valence electrons. The van der Waals surface area contributed by atoms with Gasteiger partial charge in [-0.25, -0.2) is 0 Å². The van der Waals surface area contributed by atoms with Gasteiger partial charge < -0.3 is 5.11 Å². The minimum Gasteiger partial charge on any atom is -0.480 e. The summed E-state index contributed by atoms with van der Waals surface area (Å²) >= 11 is 5.92. The Morgan fingerprint density at radius 3 is 2.78 bits per heavy atom. The Morgan fingerprint density at radius 1 is 1.56 bits per heavy atom. The van der Waals surface area contributed by atoms with Crippen molar-refractivity contribution < 1.29 is 14.8 Å². The predicted octanol–water partition coefficient (Wildman–Crippen LogP) is 1.81. The number of hydrogen-bond acceptors (Lipinski definition) is 4. The molecule has 18 heavy (non-hydrogen) atoms. The van der Waals surface area contributed by atoms with Crippen LogP contribution in [0.3, 0.4) is 0 Å². The van der Waals surface area contributed by atoms with Crippen LogP contribution in [-0.2, 0) is 11.2 Å². The number of hydrogen-bond donors (Lipinski definition) is 1. The topological polar surface area (TPSA) is 83.7 Å². The van der Waals surface area contributed by atoms with E-state index in [-0.39, 0.29) is 12.2 Å². The van der Waals surface area contributed by atoms with Gasteiger partial charge in [0.15, 0.2) is 0 Å². The van der Waals surface area contributed by atoms with E-state index in [0.717, 1.165) is 0 Å². The van der Waals surface area contributed by atoms with Gasteiger partial charge in [0.1, 0.15) is 0 Å². The van der Waals surface area contributed by atoms with Gasteiger partial charge in [-0.1, -0.05) is 17.7 Å². The average molecular weight is 273 g/mol. The Morgan fingerprint density at radius 2 is 2.22 bits per heavy atom. The number of carboxylic acids is 1. The van der Waals surface area contributed by atoms with Gasteiger partial charge in [-0.2, -0.15) is 0 Å². The van der Waals surface area contributed by atoms with Crippen LogP contribution in [0.2, 0.25) is 5.02 Å². The molecule has 1 aromatic rings. The third-order valence-electron chi connectivity index (χ3n) is 2.44. The van der Waals surface area contributed by atoms with Crippen LogP contribution in [0.4, 0.5) is 5.69 Å². The molecule has 6 nitrogen and oxygen atoms in total. The molecule has 0 radical (unpaired) electrons. The maximum absolute atomic E-state index is 10.8. The molecule has 0 amide bonds. The molecule has 0 spiro atoms. The largest absolute Gasteiger partial charge is 0.480 e. The van der Waals surface area contributed by atoms with Crippen LogP contribution in [0.5, 0.6) is 0 Å². The summed E-state index contributed by atoms with van der Waals surface area (Å²) in [4.78, 5) is 22.4. The predicted molar refractivity (Wildman–Crippen MR) is 66.9 cm³/mol. The van der Waals surface area contributed by atoms with Crippen molar-refractivity contribution in [1.29, 1.82) is 0 Å². The molecular formula is C11H13ClN2O4. The summed E-state index contributed by atoms with van der Waals surface area (Å²) in [7, 11) is 1.64. The monoisotopic (exact) mass is 272 g/mol. The van der Waals surface area contributed by atoms with E-state index < -0.39 is 10.9 Å². The first-order valence-electron chi connectivity index (χ1n) is 5.24. The van der Waals surface area contributed by atoms with Crippen LogP contribution in [-0.4, -0.2) is 41.0 Å². The van der Waals surface area contributed by atoms with Gasteiger partial charge >= 0.3 is 5.97 Å². The number of nitro benzene ring substituents is 1. The van der Waals surface area contributed by atoms with Gasteiger partial charge in [0.05, 0.1) is 16.5 Å². The van der Waals surface area contributed by atoms with Crippen LogP contribution in [0.25, 0.3) is 0 Å². The summed E-state index contributed by atoms with van der Waals surface area (Å²) in [5.41, 5.74) is 0.396. The summed E-state index contributed by atoms with van der Waals surface area (Å²) in [6.45, 7) is 0.273. The highest BCUT2D eigenvalue weighted by atomic mass is 35.5. The highest BCUT2D eigenvalue weighted by Crippen LogP contribution is 2.26. The van der Waals surface area contributed by atoms with Crippen LogP contribution in [0.15, 0.2) is 18.2 Å². The van der Waals surface area contributed by atoms with E-state index in [1.807, 2.05) is 0 Å². The molecule has 0 atom stereocenters. The van der Waals surface area contributed by atoms with E-state index in [1.165, 1.54) is 12.1 Å². The molecule has 0 aliphatic heterocycles. The molecule has 1 aromatic carbocycles. The summed E-state index contributed by atoms with van der Waals surface area (Å²) in [6.07, 6.45) is 0.333. The Labute approximate surface area is 109 Å². The molecule has 0 fully saturated rings. The number of carboxylic acid groups (broad SMARTS) is 1. The number of benzene rings is 1. The van der Waals surface area contributed by atoms with E-state index in [4.69, 9.17) is 16.7 Å². The number of aliphatic carboxylic acids is 1. The maximum Gasteiger partial charge on any atom is 0.317 e. The van der Waals surface area contributed by atoms with Crippen molar-refractivity contribution in [3.8, 4) is 0 Å². The summed E-state index contributed by atoms with van der Waals surface area (Å²) in [6, 6.07) is 4.49. The highest BCUT2D eigenvalue weighted by molar-refractivity contribution is 6.31. The number of nitro groups is 1. The smallest absolute Gasteiger partial charge is 0.317 e. The zero-order chi connectivity index (χ0) is 13.7. The number of likely N-dealkylation sites (N-methyl/N-ethyl adjacent to an activating group) is 1. The molecule has 1 rings (SSSR count). The first-order chi connectivity index (χ1) is 8.41. The fourth-order valence-electron chi connectivity index (χ4n) is 1.58. The zero-order valence-corrected chi connectivity index (χ0v) is 10.6. The highest BCUT2D eigenvalue weighted by Gasteiger charge is 2.17. The number of nitrogens with zero attached hydrogens (tertiary/aromatic N) is 2. The molecule has 0 unspecified atom stereocenters. The molecule has 0 aromatic heterocycles. The van der Waals surface area contributed by atoms with Crippen molar-refractivity contribution >= 4 is 23.3 Å². The second kappa shape index (κ2) is 6.32. The Kier molecular flexibility index (Phi) is 5.06. The number of carbonyl (C=O) groups is 1. The quantitative estimate of drug-likeness (QED) is 0.631. The minimum atomic E-state index is -0.939. The van der Waals surface area contributed by atoms with Crippen molar-refractivity contribution in [3.63, 3.8) is 0 Å². The van der Waals surface area contributed by atoms with Crippen LogP contribution < -0.4 is 0 Å². The lowest BCUT2D eigenvalue weighted by molar-refractivity contribution is -0.385. The minimum absolute atomic E-state index is 0.0359. The van der Waals surface area contributed by atoms with Gasteiger partial charge in [0.25, 0.3) is 5.69 Å². The molecule has 7 heteroatoms. The fourth-order valence-corrected chi connectivity index (χ4v) is 1.84. The van der Waals surface area contributed by atoms with Crippen molar-refractivity contribution in [2.75, 3.05) is 20.1 Å². The lowest BCUT2D eigenvalue weighted by atomic mass is 10.1. The molecule has 0 aliphatic rings. The van der Waals surface area contributed by atoms with E-state index in [0.29, 0.717) is 23.6 Å². The first kappa shape index (κ1) is 14.4. The molecular weight excluding hydrogens is 260 g/mol. The Balaban J connectivity index is 2.78. The second-order valence-electron chi connectivity index (χ2n) is 3.88. The maximum atomic E-state index is 10.8. The number of halogens is 1. The van der Waals surface area contributed by atoms with Gasteiger partial charge in [-0.15, -0.1) is 0 Å². The van der Waals surface area contributed by atoms with Crippen molar-refractivity contribution in [3.05, 3.63) is 38.9 Å². The van der Waals surface area contributed by atoms with Crippen molar-refractivity contribution in [1.82, 2.24) is 4.90 Å². The van der Waals surface area contributed by atoms with E-state index in [1.54, 1.807) is 18.0 Å². The van der Waals surface area contributed by atoms with Crippen LogP contribution in [0.1, 0.15) is 5.56 Å². The van der Waals surface area contributed by atoms with E-state index >= 15 is 0 Å². The van der Waals surface area contributed by atoms with E-state index in [9.17, 15) is 14.9 Å². The van der Waals surface area contributed by atoms with Crippen molar-refractivity contribution in [2.24, 2.45) is 0 Å². The lowest BCUT2D eigenvalue weighted by Crippen LogP contribution is -2.27. The first-order valence-corrected chi connectivity index (χ1v) is 5.61. The van der Waals surface area contributed by atoms with Gasteiger partial charge in [-0.3, -0.25) is 19.8 Å². The van der Waals surface area contributed by atoms with Gasteiger partial charge in [-0.05, 0) is 19.5 Å². The average Bonchev–Trinajstić information content (AvgIpc) is 2.25. The molecule has 0 saturated heterocycles. The normalized spacial score (nSPS) is 10.6. The van der Waals surface area contributed by atoms with Crippen LogP contribution in [0, 0.1) is 10.1 Å². The van der Waals surface area contributed by atoms with Gasteiger partial charge in [0, 0.05) is 18.2 Å². The molecule has 0 saturated carbocycles. The van der Waals surface area contributed by atoms with Gasteiger partial charge in [0.2, 0.25) is 0 Å². The molecule has 0 heterocycles. The molecule has 1 N–H and O–H groups in total. The fraction of sp³-hybridized carbons (Fsp3) is 0.364. The SMILES string of the molecule is CN(CCc1c(Cl)cccc1[N+](=O)[O-])CC(=O)O. The third-order valence-corrected chi connectivity index (χ3v) is 2.79. The molecule has 0 bridgehead atoms. The third kappa shape index (κ3) is 3.97. The standard InChI is InChI=1S/C11H13ClN2O4/c1-13(7-11(15)16)6-5-8-9(12)3-2-4-10(8)14(17)18/h2-4H,5-7H2,1H3,(H,15,16). The Bertz CT molecular complexity index is 464. The molecule has 0 aliphatic carbocycles. The number of rotatable bonds is 6. The van der Waals surface area contributed by atoms with E-state index in [2.05, 4.69) is 0 Å². The van der Waals surface area contributed by atoms with Crippen LogP contribution >= 0.6 is 11.6 Å². The summed E-state index contributed by atoms with van der Waals surface area (Å²) in [5.74, 6) is -0.939. The summed E-state index contributed by atoms with van der Waals surface area (Å²) < 4.78 is 0. The Hall–Kier alpha value is -1.66. The van der Waals surface area contributed by atoms with Crippen molar-refractivity contribution in [2.45, 2.75) is 6.42 Å².